The third-order valence-corrected chi connectivity index (χ3v) is 3.92. The fourth-order valence-corrected chi connectivity index (χ4v) is 2.62. The van der Waals surface area contributed by atoms with Crippen LogP contribution in [0, 0.1) is 15.9 Å². The number of nitro groups is 1. The summed E-state index contributed by atoms with van der Waals surface area (Å²) in [6, 6.07) is 7.79. The van der Waals surface area contributed by atoms with Gasteiger partial charge in [0.05, 0.1) is 4.92 Å². The molecule has 0 saturated carbocycles. The maximum Gasteiger partial charge on any atom is 0.295 e. The lowest BCUT2D eigenvalue weighted by Gasteiger charge is -2.06. The van der Waals surface area contributed by atoms with Gasteiger partial charge in [-0.3, -0.25) is 10.1 Å². The van der Waals surface area contributed by atoms with Gasteiger partial charge < -0.3 is 5.32 Å². The zero-order valence-electron chi connectivity index (χ0n) is 10.4. The van der Waals surface area contributed by atoms with Crippen molar-refractivity contribution in [1.82, 2.24) is 0 Å². The van der Waals surface area contributed by atoms with Crippen LogP contribution in [0.25, 0.3) is 0 Å². The molecule has 1 aromatic carbocycles. The maximum absolute atomic E-state index is 13.6. The Labute approximate surface area is 114 Å². The molecule has 0 spiro atoms. The van der Waals surface area contributed by atoms with Crippen molar-refractivity contribution in [3.05, 3.63) is 56.0 Å². The molecule has 0 saturated heterocycles. The smallest absolute Gasteiger partial charge is 0.295 e. The van der Waals surface area contributed by atoms with Gasteiger partial charge in [0.2, 0.25) is 0 Å². The molecule has 0 aliphatic carbocycles. The highest BCUT2D eigenvalue weighted by atomic mass is 32.1. The van der Waals surface area contributed by atoms with E-state index in [0.717, 1.165) is 11.3 Å². The van der Waals surface area contributed by atoms with Crippen LogP contribution in [0.15, 0.2) is 30.3 Å². The first-order valence-corrected chi connectivity index (χ1v) is 6.67. The number of rotatable bonds is 5. The second-order valence-corrected chi connectivity index (χ2v) is 5.22. The van der Waals surface area contributed by atoms with E-state index in [1.54, 1.807) is 11.3 Å². The minimum atomic E-state index is -0.610. The lowest BCUT2D eigenvalue weighted by molar-refractivity contribution is -0.384. The number of aryl methyl sites for hydroxylation is 1. The van der Waals surface area contributed by atoms with Gasteiger partial charge in [0, 0.05) is 22.4 Å². The van der Waals surface area contributed by atoms with Crippen LogP contribution in [-0.2, 0) is 13.0 Å². The molecule has 0 fully saturated rings. The van der Waals surface area contributed by atoms with Crippen molar-refractivity contribution in [2.24, 2.45) is 0 Å². The van der Waals surface area contributed by atoms with Crippen LogP contribution in [0.5, 0.6) is 0 Å². The lowest BCUT2D eigenvalue weighted by Crippen LogP contribution is -2.03. The topological polar surface area (TPSA) is 55.2 Å². The van der Waals surface area contributed by atoms with Crippen LogP contribution in [0.3, 0.4) is 0 Å². The Morgan fingerprint density at radius 3 is 2.68 bits per heavy atom. The average molecular weight is 280 g/mol. The van der Waals surface area contributed by atoms with Gasteiger partial charge in [-0.25, -0.2) is 4.39 Å². The van der Waals surface area contributed by atoms with Gasteiger partial charge in [0.1, 0.15) is 5.69 Å². The van der Waals surface area contributed by atoms with E-state index in [-0.39, 0.29) is 11.4 Å². The van der Waals surface area contributed by atoms with Gasteiger partial charge in [-0.05, 0) is 24.6 Å². The van der Waals surface area contributed by atoms with Gasteiger partial charge in [-0.2, -0.15) is 0 Å². The van der Waals surface area contributed by atoms with Gasteiger partial charge >= 0.3 is 0 Å². The number of nitro benzene ring substituents is 1. The summed E-state index contributed by atoms with van der Waals surface area (Å²) < 4.78 is 13.6. The standard InChI is InChI=1S/C13H13FN2O2S/c1-2-9-6-7-10(19-9)8-15-13-11(14)4-3-5-12(13)16(17)18/h3-7,15H,2,8H2,1H3. The molecular formula is C13H13FN2O2S. The number of halogens is 1. The first kappa shape index (κ1) is 13.5. The van der Waals surface area contributed by atoms with E-state index in [1.165, 1.54) is 23.1 Å². The SMILES string of the molecule is CCc1ccc(CNc2c(F)cccc2[N+](=O)[O-])s1. The van der Waals surface area contributed by atoms with Gasteiger partial charge in [0.15, 0.2) is 5.82 Å². The molecule has 2 rings (SSSR count). The molecule has 6 heteroatoms. The molecule has 0 bridgehead atoms. The minimum Gasteiger partial charge on any atom is -0.372 e. The van der Waals surface area contributed by atoms with Crippen LogP contribution >= 0.6 is 11.3 Å². The molecule has 4 nitrogen and oxygen atoms in total. The van der Waals surface area contributed by atoms with Crippen molar-refractivity contribution in [1.29, 1.82) is 0 Å². The Bertz CT molecular complexity index is 598. The van der Waals surface area contributed by atoms with Gasteiger partial charge in [-0.1, -0.05) is 13.0 Å². The zero-order chi connectivity index (χ0) is 13.8. The zero-order valence-corrected chi connectivity index (χ0v) is 11.2. The Kier molecular flexibility index (Phi) is 4.11. The molecule has 0 aliphatic heterocycles. The summed E-state index contributed by atoms with van der Waals surface area (Å²) >= 11 is 1.62. The summed E-state index contributed by atoms with van der Waals surface area (Å²) in [6.07, 6.45) is 0.949. The molecule has 100 valence electrons. The monoisotopic (exact) mass is 280 g/mol. The molecule has 2 aromatic rings. The van der Waals surface area contributed by atoms with Crippen LogP contribution in [0.4, 0.5) is 15.8 Å². The second-order valence-electron chi connectivity index (χ2n) is 3.97. The molecule has 1 heterocycles. The number of nitrogens with one attached hydrogen (secondary N) is 1. The number of hydrogen-bond donors (Lipinski definition) is 1. The summed E-state index contributed by atoms with van der Waals surface area (Å²) in [6.45, 7) is 2.44. The number of para-hydroxylation sites is 1. The number of anilines is 1. The number of thiophene rings is 1. The van der Waals surface area contributed by atoms with Crippen LogP contribution < -0.4 is 5.32 Å². The van der Waals surface area contributed by atoms with E-state index >= 15 is 0 Å². The molecule has 0 radical (unpaired) electrons. The molecule has 0 aliphatic rings. The van der Waals surface area contributed by atoms with E-state index in [0.29, 0.717) is 6.54 Å². The first-order chi connectivity index (χ1) is 9.11. The molecule has 0 amide bonds. The quantitative estimate of drug-likeness (QED) is 0.666. The third-order valence-electron chi connectivity index (χ3n) is 2.69. The average Bonchev–Trinajstić information content (AvgIpc) is 2.85. The fraction of sp³-hybridized carbons (Fsp3) is 0.231. The van der Waals surface area contributed by atoms with Gasteiger partial charge in [0.25, 0.3) is 5.69 Å². The van der Waals surface area contributed by atoms with Crippen molar-refractivity contribution in [2.75, 3.05) is 5.32 Å². The number of benzene rings is 1. The largest absolute Gasteiger partial charge is 0.372 e. The van der Waals surface area contributed by atoms with E-state index in [4.69, 9.17) is 0 Å². The minimum absolute atomic E-state index is 0.0565. The number of nitrogens with zero attached hydrogens (tertiary/aromatic N) is 1. The Hall–Kier alpha value is -1.95. The molecule has 1 N–H and O–H groups in total. The van der Waals surface area contributed by atoms with Crippen LogP contribution in [-0.4, -0.2) is 4.92 Å². The highest BCUT2D eigenvalue weighted by molar-refractivity contribution is 7.12. The highest BCUT2D eigenvalue weighted by Gasteiger charge is 2.17. The summed E-state index contributed by atoms with van der Waals surface area (Å²) in [7, 11) is 0. The van der Waals surface area contributed by atoms with Crippen molar-refractivity contribution in [3.63, 3.8) is 0 Å². The highest BCUT2D eigenvalue weighted by Crippen LogP contribution is 2.28. The number of hydrogen-bond acceptors (Lipinski definition) is 4. The Balaban J connectivity index is 2.17. The van der Waals surface area contributed by atoms with Crippen LogP contribution in [0.1, 0.15) is 16.7 Å². The summed E-state index contributed by atoms with van der Waals surface area (Å²) in [4.78, 5) is 12.5. The van der Waals surface area contributed by atoms with Gasteiger partial charge in [-0.15, -0.1) is 11.3 Å². The Morgan fingerprint density at radius 2 is 2.05 bits per heavy atom. The predicted octanol–water partition coefficient (Wildman–Crippen LogP) is 3.97. The van der Waals surface area contributed by atoms with Crippen LogP contribution in [0.2, 0.25) is 0 Å². The summed E-state index contributed by atoms with van der Waals surface area (Å²) in [5.41, 5.74) is -0.300. The predicted molar refractivity (Wildman–Crippen MR) is 74.1 cm³/mol. The van der Waals surface area contributed by atoms with Crippen molar-refractivity contribution < 1.29 is 9.31 Å². The Morgan fingerprint density at radius 1 is 1.32 bits per heavy atom. The van der Waals surface area contributed by atoms with E-state index in [2.05, 4.69) is 12.2 Å². The molecule has 1 aromatic heterocycles. The molecule has 0 unspecified atom stereocenters. The van der Waals surface area contributed by atoms with Crippen molar-refractivity contribution in [2.45, 2.75) is 19.9 Å². The molecule has 0 atom stereocenters. The van der Waals surface area contributed by atoms with Crippen molar-refractivity contribution >= 4 is 22.7 Å². The normalized spacial score (nSPS) is 10.4. The lowest BCUT2D eigenvalue weighted by atomic mass is 10.2. The summed E-state index contributed by atoms with van der Waals surface area (Å²) in [5.74, 6) is -0.610. The van der Waals surface area contributed by atoms with E-state index < -0.39 is 10.7 Å². The molecular weight excluding hydrogens is 267 g/mol. The fourth-order valence-electron chi connectivity index (χ4n) is 1.72. The molecule has 19 heavy (non-hydrogen) atoms. The summed E-state index contributed by atoms with van der Waals surface area (Å²) in [5, 5.41) is 13.6. The maximum atomic E-state index is 13.6. The second kappa shape index (κ2) is 5.79. The van der Waals surface area contributed by atoms with Crippen molar-refractivity contribution in [3.8, 4) is 0 Å². The van der Waals surface area contributed by atoms with E-state index in [9.17, 15) is 14.5 Å². The third kappa shape index (κ3) is 3.08. The first-order valence-electron chi connectivity index (χ1n) is 5.86. The van der Waals surface area contributed by atoms with E-state index in [1.807, 2.05) is 12.1 Å².